The molecule has 0 unspecified atom stereocenters. The number of rotatable bonds is 3. The molecule has 0 aromatic heterocycles. The molecular formula is C9H15NO. The molecule has 11 heavy (non-hydrogen) atoms. The van der Waals surface area contributed by atoms with E-state index in [0.29, 0.717) is 12.3 Å². The summed E-state index contributed by atoms with van der Waals surface area (Å²) in [4.78, 5) is 10.9. The van der Waals surface area contributed by atoms with Gasteiger partial charge >= 0.3 is 0 Å². The van der Waals surface area contributed by atoms with Gasteiger partial charge in [-0.05, 0) is 24.8 Å². The van der Waals surface area contributed by atoms with E-state index in [9.17, 15) is 4.79 Å². The maximum atomic E-state index is 10.9. The van der Waals surface area contributed by atoms with E-state index in [1.807, 2.05) is 0 Å². The van der Waals surface area contributed by atoms with Crippen molar-refractivity contribution in [3.05, 3.63) is 12.7 Å². The molecule has 0 aliphatic heterocycles. The minimum Gasteiger partial charge on any atom is -0.327 e. The third kappa shape index (κ3) is 2.15. The minimum absolute atomic E-state index is 0.132. The van der Waals surface area contributed by atoms with Crippen molar-refractivity contribution in [1.29, 1.82) is 0 Å². The first-order valence-corrected chi connectivity index (χ1v) is 4.15. The second-order valence-electron chi connectivity index (χ2n) is 3.23. The molecule has 2 heteroatoms. The Morgan fingerprint density at radius 2 is 2.36 bits per heavy atom. The van der Waals surface area contributed by atoms with Crippen LogP contribution in [0.15, 0.2) is 12.7 Å². The highest BCUT2D eigenvalue weighted by Crippen LogP contribution is 2.26. The summed E-state index contributed by atoms with van der Waals surface area (Å²) in [6, 6.07) is 0.249. The first-order valence-electron chi connectivity index (χ1n) is 4.15. The first-order chi connectivity index (χ1) is 5.24. The molecule has 1 aliphatic carbocycles. The van der Waals surface area contributed by atoms with Crippen molar-refractivity contribution in [2.45, 2.75) is 31.7 Å². The lowest BCUT2D eigenvalue weighted by Crippen LogP contribution is -2.25. The van der Waals surface area contributed by atoms with Gasteiger partial charge in [0.15, 0.2) is 5.78 Å². The van der Waals surface area contributed by atoms with Crippen LogP contribution < -0.4 is 5.73 Å². The zero-order valence-electron chi connectivity index (χ0n) is 6.75. The fourth-order valence-electron chi connectivity index (χ4n) is 1.66. The maximum absolute atomic E-state index is 10.9. The average Bonchev–Trinajstić information content (AvgIpc) is 2.37. The maximum Gasteiger partial charge on any atom is 0.155 e. The van der Waals surface area contributed by atoms with Gasteiger partial charge in [0, 0.05) is 12.5 Å². The van der Waals surface area contributed by atoms with Crippen molar-refractivity contribution < 1.29 is 4.79 Å². The van der Waals surface area contributed by atoms with Crippen LogP contribution in [0, 0.1) is 5.92 Å². The van der Waals surface area contributed by atoms with E-state index in [1.165, 1.54) is 12.5 Å². The van der Waals surface area contributed by atoms with E-state index < -0.39 is 0 Å². The lowest BCUT2D eigenvalue weighted by atomic mass is 9.98. The van der Waals surface area contributed by atoms with E-state index in [2.05, 4.69) is 6.58 Å². The average molecular weight is 153 g/mol. The molecule has 2 nitrogen and oxygen atoms in total. The molecule has 1 fully saturated rings. The Balaban J connectivity index is 2.36. The molecule has 0 aromatic rings. The van der Waals surface area contributed by atoms with Crippen LogP contribution in [0.3, 0.4) is 0 Å². The van der Waals surface area contributed by atoms with Gasteiger partial charge in [-0.1, -0.05) is 13.0 Å². The van der Waals surface area contributed by atoms with Gasteiger partial charge in [0.1, 0.15) is 0 Å². The van der Waals surface area contributed by atoms with Gasteiger partial charge < -0.3 is 5.73 Å². The Morgan fingerprint density at radius 3 is 2.82 bits per heavy atom. The zero-order valence-corrected chi connectivity index (χ0v) is 6.75. The highest BCUT2D eigenvalue weighted by atomic mass is 16.1. The summed E-state index contributed by atoms with van der Waals surface area (Å²) < 4.78 is 0. The molecule has 1 saturated carbocycles. The Morgan fingerprint density at radius 1 is 1.64 bits per heavy atom. The Bertz CT molecular complexity index is 165. The number of ketones is 1. The Hall–Kier alpha value is -0.630. The molecule has 0 amide bonds. The Kier molecular flexibility index (Phi) is 2.83. The summed E-state index contributed by atoms with van der Waals surface area (Å²) in [5.41, 5.74) is 5.80. The molecule has 0 bridgehead atoms. The summed E-state index contributed by atoms with van der Waals surface area (Å²) in [7, 11) is 0. The van der Waals surface area contributed by atoms with Crippen LogP contribution in [0.5, 0.6) is 0 Å². The van der Waals surface area contributed by atoms with Crippen LogP contribution in [0.25, 0.3) is 0 Å². The quantitative estimate of drug-likeness (QED) is 0.620. The number of hydrogen-bond acceptors (Lipinski definition) is 2. The first kappa shape index (κ1) is 8.47. The number of allylic oxidation sites excluding steroid dienone is 1. The largest absolute Gasteiger partial charge is 0.327 e. The number of carbonyl (C=O) groups is 1. The summed E-state index contributed by atoms with van der Waals surface area (Å²) >= 11 is 0. The SMILES string of the molecule is C=CC(=O)C[C@@H]1CCC[C@H]1N. The molecule has 0 spiro atoms. The number of carbonyl (C=O) groups excluding carboxylic acids is 1. The van der Waals surface area contributed by atoms with Crippen LogP contribution in [0.2, 0.25) is 0 Å². The smallest absolute Gasteiger partial charge is 0.155 e. The van der Waals surface area contributed by atoms with Crippen LogP contribution in [0.4, 0.5) is 0 Å². The van der Waals surface area contributed by atoms with E-state index in [0.717, 1.165) is 12.8 Å². The molecule has 2 atom stereocenters. The standard InChI is InChI=1S/C9H15NO/c1-2-8(11)6-7-4-3-5-9(7)10/h2,7,9H,1,3-6,10H2/t7-,9+/m0/s1. The highest BCUT2D eigenvalue weighted by molar-refractivity contribution is 5.89. The molecule has 1 rings (SSSR count). The van der Waals surface area contributed by atoms with Gasteiger partial charge in [0.25, 0.3) is 0 Å². The van der Waals surface area contributed by atoms with Gasteiger partial charge in [0.05, 0.1) is 0 Å². The molecule has 0 aromatic carbocycles. The zero-order chi connectivity index (χ0) is 8.27. The summed E-state index contributed by atoms with van der Waals surface area (Å²) in [6.45, 7) is 3.44. The third-order valence-corrected chi connectivity index (χ3v) is 2.41. The summed E-state index contributed by atoms with van der Waals surface area (Å²) in [5, 5.41) is 0. The van der Waals surface area contributed by atoms with E-state index >= 15 is 0 Å². The van der Waals surface area contributed by atoms with Crippen molar-refractivity contribution in [1.82, 2.24) is 0 Å². The monoisotopic (exact) mass is 153 g/mol. The van der Waals surface area contributed by atoms with Crippen molar-refractivity contribution in [3.8, 4) is 0 Å². The normalized spacial score (nSPS) is 30.3. The number of hydrogen-bond donors (Lipinski definition) is 1. The topological polar surface area (TPSA) is 43.1 Å². The molecule has 0 saturated heterocycles. The van der Waals surface area contributed by atoms with E-state index in [4.69, 9.17) is 5.73 Å². The van der Waals surface area contributed by atoms with Crippen LogP contribution in [-0.4, -0.2) is 11.8 Å². The van der Waals surface area contributed by atoms with E-state index in [-0.39, 0.29) is 11.8 Å². The van der Waals surface area contributed by atoms with Crippen LogP contribution >= 0.6 is 0 Å². The molecule has 0 heterocycles. The van der Waals surface area contributed by atoms with Crippen LogP contribution in [0.1, 0.15) is 25.7 Å². The van der Waals surface area contributed by atoms with Gasteiger partial charge in [-0.15, -0.1) is 0 Å². The van der Waals surface area contributed by atoms with Gasteiger partial charge in [-0.2, -0.15) is 0 Å². The van der Waals surface area contributed by atoms with Crippen molar-refractivity contribution in [2.75, 3.05) is 0 Å². The van der Waals surface area contributed by atoms with Gasteiger partial charge in [0.2, 0.25) is 0 Å². The molecule has 62 valence electrons. The highest BCUT2D eigenvalue weighted by Gasteiger charge is 2.24. The van der Waals surface area contributed by atoms with Crippen LogP contribution in [-0.2, 0) is 4.79 Å². The van der Waals surface area contributed by atoms with Gasteiger partial charge in [-0.25, -0.2) is 0 Å². The number of nitrogens with two attached hydrogens (primary N) is 1. The molecular weight excluding hydrogens is 138 g/mol. The molecule has 0 radical (unpaired) electrons. The minimum atomic E-state index is 0.132. The van der Waals surface area contributed by atoms with Crippen molar-refractivity contribution >= 4 is 5.78 Å². The summed E-state index contributed by atoms with van der Waals surface area (Å²) in [5.74, 6) is 0.549. The molecule has 2 N–H and O–H groups in total. The summed E-state index contributed by atoms with van der Waals surface area (Å²) in [6.07, 6.45) is 5.36. The predicted octanol–water partition coefficient (Wildman–Crippen LogP) is 1.26. The predicted molar refractivity (Wildman–Crippen MR) is 45.1 cm³/mol. The van der Waals surface area contributed by atoms with Crippen molar-refractivity contribution in [3.63, 3.8) is 0 Å². The second kappa shape index (κ2) is 3.67. The third-order valence-electron chi connectivity index (χ3n) is 2.41. The fraction of sp³-hybridized carbons (Fsp3) is 0.667. The lowest BCUT2D eigenvalue weighted by molar-refractivity contribution is -0.115. The lowest BCUT2D eigenvalue weighted by Gasteiger charge is -2.12. The molecule has 1 aliphatic rings. The van der Waals surface area contributed by atoms with Gasteiger partial charge in [-0.3, -0.25) is 4.79 Å². The second-order valence-corrected chi connectivity index (χ2v) is 3.23. The fourth-order valence-corrected chi connectivity index (χ4v) is 1.66. The van der Waals surface area contributed by atoms with Crippen molar-refractivity contribution in [2.24, 2.45) is 11.7 Å². The van der Waals surface area contributed by atoms with E-state index in [1.54, 1.807) is 0 Å². The Labute approximate surface area is 67.5 Å².